The van der Waals surface area contributed by atoms with Gasteiger partial charge in [0, 0.05) is 23.0 Å². The van der Waals surface area contributed by atoms with E-state index >= 15 is 0 Å². The van der Waals surface area contributed by atoms with Gasteiger partial charge < -0.3 is 4.74 Å². The standard InChI is InChI=1S/C27H27N5OS/c1-31-13-3-6-24(31)26-30-29-25-10-7-19-16-22(8-9-23(19)32(25)26)34-21-5-2-4-20(17-21)27(18-28)11-14-33-15-12-27/h2,4-5,7-10,16-17,24H,3,6,11-15H2,1H3. The summed E-state index contributed by atoms with van der Waals surface area (Å²) in [6.07, 6.45) is 3.82. The Hall–Kier alpha value is -2.92. The van der Waals surface area contributed by atoms with E-state index < -0.39 is 5.41 Å². The lowest BCUT2D eigenvalue weighted by molar-refractivity contribution is 0.0675. The quantitative estimate of drug-likeness (QED) is 0.400. The summed E-state index contributed by atoms with van der Waals surface area (Å²) < 4.78 is 7.74. The Kier molecular flexibility index (Phi) is 5.53. The molecule has 34 heavy (non-hydrogen) atoms. The summed E-state index contributed by atoms with van der Waals surface area (Å²) in [4.78, 5) is 4.70. The summed E-state index contributed by atoms with van der Waals surface area (Å²) in [5.41, 5.74) is 2.69. The van der Waals surface area contributed by atoms with Crippen LogP contribution >= 0.6 is 11.8 Å². The van der Waals surface area contributed by atoms with Gasteiger partial charge in [0.25, 0.3) is 0 Å². The molecule has 0 amide bonds. The molecule has 7 heteroatoms. The fourth-order valence-corrected chi connectivity index (χ4v) is 6.32. The highest BCUT2D eigenvalue weighted by Crippen LogP contribution is 2.38. The van der Waals surface area contributed by atoms with Gasteiger partial charge in [0.15, 0.2) is 11.5 Å². The summed E-state index contributed by atoms with van der Waals surface area (Å²) in [5, 5.41) is 20.1. The largest absolute Gasteiger partial charge is 0.381 e. The highest BCUT2D eigenvalue weighted by Gasteiger charge is 2.34. The zero-order valence-electron chi connectivity index (χ0n) is 19.3. The molecule has 2 aromatic carbocycles. The highest BCUT2D eigenvalue weighted by molar-refractivity contribution is 7.99. The Labute approximate surface area is 203 Å². The maximum Gasteiger partial charge on any atom is 0.161 e. The van der Waals surface area contributed by atoms with Crippen molar-refractivity contribution in [1.29, 1.82) is 5.26 Å². The van der Waals surface area contributed by atoms with E-state index in [1.165, 1.54) is 16.7 Å². The minimum absolute atomic E-state index is 0.315. The molecule has 0 saturated carbocycles. The van der Waals surface area contributed by atoms with Crippen LogP contribution in [0.25, 0.3) is 16.6 Å². The van der Waals surface area contributed by atoms with Crippen LogP contribution < -0.4 is 0 Å². The van der Waals surface area contributed by atoms with Crippen LogP contribution in [0.5, 0.6) is 0 Å². The van der Waals surface area contributed by atoms with Gasteiger partial charge in [-0.1, -0.05) is 23.9 Å². The molecule has 6 nitrogen and oxygen atoms in total. The lowest BCUT2D eigenvalue weighted by Crippen LogP contribution is -2.32. The first-order valence-electron chi connectivity index (χ1n) is 11.9. The maximum atomic E-state index is 9.95. The molecule has 2 fully saturated rings. The number of hydrogen-bond donors (Lipinski definition) is 0. The summed E-state index contributed by atoms with van der Waals surface area (Å²) >= 11 is 1.74. The van der Waals surface area contributed by atoms with Gasteiger partial charge in [-0.05, 0) is 92.7 Å². The second-order valence-electron chi connectivity index (χ2n) is 9.38. The number of pyridine rings is 1. The van der Waals surface area contributed by atoms with Gasteiger partial charge in [-0.3, -0.25) is 9.30 Å². The third kappa shape index (κ3) is 3.67. The van der Waals surface area contributed by atoms with Crippen molar-refractivity contribution in [2.75, 3.05) is 26.8 Å². The van der Waals surface area contributed by atoms with E-state index in [-0.39, 0.29) is 0 Å². The van der Waals surface area contributed by atoms with Crippen LogP contribution in [0.3, 0.4) is 0 Å². The number of hydrogen-bond acceptors (Lipinski definition) is 6. The molecule has 2 aromatic heterocycles. The van der Waals surface area contributed by atoms with Crippen LogP contribution in [0.15, 0.2) is 64.4 Å². The monoisotopic (exact) mass is 469 g/mol. The van der Waals surface area contributed by atoms with Crippen LogP contribution in [0.2, 0.25) is 0 Å². The van der Waals surface area contributed by atoms with Gasteiger partial charge in [0.05, 0.1) is 23.0 Å². The van der Waals surface area contributed by atoms with Gasteiger partial charge in [-0.25, -0.2) is 0 Å². The smallest absolute Gasteiger partial charge is 0.161 e. The van der Waals surface area contributed by atoms with Gasteiger partial charge in [-0.2, -0.15) is 5.26 Å². The van der Waals surface area contributed by atoms with Crippen LogP contribution in [-0.2, 0) is 10.2 Å². The predicted octanol–water partition coefficient (Wildman–Crippen LogP) is 5.37. The molecule has 4 heterocycles. The molecule has 0 radical (unpaired) electrons. The number of likely N-dealkylation sites (tertiary alicyclic amines) is 1. The Bertz CT molecular complexity index is 1400. The zero-order chi connectivity index (χ0) is 23.1. The number of aromatic nitrogens is 3. The second-order valence-corrected chi connectivity index (χ2v) is 10.5. The van der Waals surface area contributed by atoms with E-state index in [0.717, 1.165) is 53.3 Å². The Morgan fingerprint density at radius 2 is 1.91 bits per heavy atom. The first kappa shape index (κ1) is 21.6. The molecule has 1 unspecified atom stereocenters. The first-order chi connectivity index (χ1) is 16.7. The third-order valence-corrected chi connectivity index (χ3v) is 8.35. The van der Waals surface area contributed by atoms with E-state index in [0.29, 0.717) is 19.3 Å². The molecule has 2 saturated heterocycles. The van der Waals surface area contributed by atoms with E-state index in [4.69, 9.17) is 4.74 Å². The van der Waals surface area contributed by atoms with Gasteiger partial charge in [0.2, 0.25) is 0 Å². The van der Waals surface area contributed by atoms with E-state index in [1.807, 2.05) is 0 Å². The summed E-state index contributed by atoms with van der Waals surface area (Å²) in [7, 11) is 2.17. The number of nitriles is 1. The van der Waals surface area contributed by atoms with Crippen molar-refractivity contribution in [1.82, 2.24) is 19.5 Å². The zero-order valence-corrected chi connectivity index (χ0v) is 20.1. The molecule has 6 rings (SSSR count). The molecule has 2 aliphatic heterocycles. The number of rotatable bonds is 4. The lowest BCUT2D eigenvalue weighted by atomic mass is 9.75. The van der Waals surface area contributed by atoms with E-state index in [2.05, 4.69) is 87.2 Å². The molecule has 2 aliphatic rings. The SMILES string of the molecule is CN1CCCC1c1nnc2ccc3cc(Sc4cccc(C5(C#N)CCOCC5)c4)ccc3n12. The normalized spacial score (nSPS) is 20.6. The predicted molar refractivity (Wildman–Crippen MR) is 133 cm³/mol. The van der Waals surface area contributed by atoms with Crippen molar-refractivity contribution in [2.24, 2.45) is 0 Å². The van der Waals surface area contributed by atoms with E-state index in [9.17, 15) is 5.26 Å². The van der Waals surface area contributed by atoms with Crippen LogP contribution in [0.1, 0.15) is 43.1 Å². The minimum Gasteiger partial charge on any atom is -0.381 e. The number of fused-ring (bicyclic) bond motifs is 3. The average molecular weight is 470 g/mol. The molecule has 0 spiro atoms. The van der Waals surface area contributed by atoms with Crippen molar-refractivity contribution in [3.05, 3.63) is 66.0 Å². The van der Waals surface area contributed by atoms with E-state index in [1.54, 1.807) is 11.8 Å². The minimum atomic E-state index is -0.442. The Morgan fingerprint density at radius 3 is 2.71 bits per heavy atom. The van der Waals surface area contributed by atoms with Gasteiger partial charge in [0.1, 0.15) is 0 Å². The average Bonchev–Trinajstić information content (AvgIpc) is 3.50. The molecular weight excluding hydrogens is 442 g/mol. The second kappa shape index (κ2) is 8.70. The molecule has 4 aromatic rings. The number of benzene rings is 2. The van der Waals surface area contributed by atoms with Gasteiger partial charge in [-0.15, -0.1) is 10.2 Å². The van der Waals surface area contributed by atoms with Crippen molar-refractivity contribution >= 4 is 28.3 Å². The molecule has 172 valence electrons. The first-order valence-corrected chi connectivity index (χ1v) is 12.7. The number of ether oxygens (including phenoxy) is 1. The number of nitrogens with zero attached hydrogens (tertiary/aromatic N) is 5. The van der Waals surface area contributed by atoms with Crippen LogP contribution in [0.4, 0.5) is 0 Å². The molecule has 0 N–H and O–H groups in total. The fraction of sp³-hybridized carbons (Fsp3) is 0.370. The topological polar surface area (TPSA) is 66.5 Å². The highest BCUT2D eigenvalue weighted by atomic mass is 32.2. The van der Waals surface area contributed by atoms with Crippen LogP contribution in [-0.4, -0.2) is 46.3 Å². The van der Waals surface area contributed by atoms with Gasteiger partial charge >= 0.3 is 0 Å². The molecular formula is C27H27N5OS. The fourth-order valence-electron chi connectivity index (χ4n) is 5.39. The van der Waals surface area contributed by atoms with Crippen molar-refractivity contribution in [2.45, 2.75) is 46.9 Å². The summed E-state index contributed by atoms with van der Waals surface area (Å²) in [5.74, 6) is 1.03. The molecule has 0 bridgehead atoms. The lowest BCUT2D eigenvalue weighted by Gasteiger charge is -2.31. The Morgan fingerprint density at radius 1 is 1.06 bits per heavy atom. The summed E-state index contributed by atoms with van der Waals surface area (Å²) in [6.45, 7) is 2.39. The maximum absolute atomic E-state index is 9.95. The molecule has 1 atom stereocenters. The van der Waals surface area contributed by atoms with Crippen molar-refractivity contribution in [3.63, 3.8) is 0 Å². The van der Waals surface area contributed by atoms with Crippen molar-refractivity contribution in [3.8, 4) is 6.07 Å². The summed E-state index contributed by atoms with van der Waals surface area (Å²) in [6, 6.07) is 22.2. The Balaban J connectivity index is 1.34. The van der Waals surface area contributed by atoms with Crippen molar-refractivity contribution < 1.29 is 4.74 Å². The van der Waals surface area contributed by atoms with Crippen LogP contribution in [0, 0.1) is 11.3 Å². The third-order valence-electron chi connectivity index (χ3n) is 7.37. The molecule has 0 aliphatic carbocycles.